The zero-order valence-electron chi connectivity index (χ0n) is 16.0. The summed E-state index contributed by atoms with van der Waals surface area (Å²) in [7, 11) is 1.73. The van der Waals surface area contributed by atoms with Crippen LogP contribution in [0.5, 0.6) is 11.5 Å². The number of rotatable bonds is 5. The van der Waals surface area contributed by atoms with Crippen molar-refractivity contribution in [3.63, 3.8) is 0 Å². The van der Waals surface area contributed by atoms with Crippen molar-refractivity contribution in [1.29, 1.82) is 0 Å². The predicted octanol–water partition coefficient (Wildman–Crippen LogP) is 2.88. The number of ether oxygens (including phenoxy) is 2. The van der Waals surface area contributed by atoms with Crippen molar-refractivity contribution in [2.24, 2.45) is 0 Å². The highest BCUT2D eigenvalue weighted by molar-refractivity contribution is 5.94. The summed E-state index contributed by atoms with van der Waals surface area (Å²) in [6.07, 6.45) is 1.32. The number of carbonyl (C=O) groups is 2. The average Bonchev–Trinajstić information content (AvgIpc) is 3.33. The molecule has 1 N–H and O–H groups in total. The molecule has 8 heteroatoms. The highest BCUT2D eigenvalue weighted by atomic mass is 16.7. The Balaban J connectivity index is 1.48. The third-order valence-corrected chi connectivity index (χ3v) is 4.80. The Morgan fingerprint density at radius 1 is 1.14 bits per heavy atom. The number of fused-ring (bicyclic) bond motifs is 1. The van der Waals surface area contributed by atoms with Gasteiger partial charge in [0.1, 0.15) is 5.56 Å². The second-order valence-electron chi connectivity index (χ2n) is 6.76. The smallest absolute Gasteiger partial charge is 0.339 e. The first-order valence-electron chi connectivity index (χ1n) is 8.96. The van der Waals surface area contributed by atoms with Gasteiger partial charge in [0.25, 0.3) is 5.91 Å². The van der Waals surface area contributed by atoms with Gasteiger partial charge in [0, 0.05) is 19.2 Å². The zero-order valence-corrected chi connectivity index (χ0v) is 16.0. The molecule has 2 aromatic carbocycles. The molecule has 29 heavy (non-hydrogen) atoms. The van der Waals surface area contributed by atoms with Crippen LogP contribution in [-0.2, 0) is 6.54 Å². The molecule has 2 heterocycles. The Hall–Kier alpha value is -3.81. The first-order valence-corrected chi connectivity index (χ1v) is 8.96. The molecule has 0 radical (unpaired) electrons. The molecule has 0 aliphatic carbocycles. The highest BCUT2D eigenvalue weighted by Crippen LogP contribution is 2.32. The predicted molar refractivity (Wildman–Crippen MR) is 104 cm³/mol. The van der Waals surface area contributed by atoms with Crippen LogP contribution in [-0.4, -0.2) is 45.5 Å². The van der Waals surface area contributed by atoms with E-state index in [0.717, 1.165) is 5.56 Å². The second kappa shape index (κ2) is 7.31. The van der Waals surface area contributed by atoms with Crippen molar-refractivity contribution in [2.75, 3.05) is 13.8 Å². The molecule has 3 aromatic rings. The summed E-state index contributed by atoms with van der Waals surface area (Å²) in [5.74, 6) is 0.240. The number of carboxylic acids is 1. The molecule has 0 bridgehead atoms. The zero-order chi connectivity index (χ0) is 20.5. The van der Waals surface area contributed by atoms with E-state index >= 15 is 0 Å². The quantitative estimate of drug-likeness (QED) is 0.716. The summed E-state index contributed by atoms with van der Waals surface area (Å²) >= 11 is 0. The topological polar surface area (TPSA) is 93.9 Å². The van der Waals surface area contributed by atoms with E-state index < -0.39 is 5.97 Å². The van der Waals surface area contributed by atoms with Crippen molar-refractivity contribution in [3.8, 4) is 17.2 Å². The lowest BCUT2D eigenvalue weighted by atomic mass is 10.1. The standard InChI is InChI=1S/C21H19N3O5/c1-13-17(21(26)27)10-22-24(13)16-6-4-15(5-7-16)20(25)23(2)11-14-3-8-18-19(9-14)29-12-28-18/h3-10H,11-12H2,1-2H3,(H,26,27). The van der Waals surface area contributed by atoms with Gasteiger partial charge in [-0.05, 0) is 48.9 Å². The van der Waals surface area contributed by atoms with Crippen LogP contribution >= 0.6 is 0 Å². The van der Waals surface area contributed by atoms with Gasteiger partial charge in [-0.15, -0.1) is 0 Å². The van der Waals surface area contributed by atoms with E-state index in [-0.39, 0.29) is 18.3 Å². The molecule has 1 amide bonds. The summed E-state index contributed by atoms with van der Waals surface area (Å²) in [6, 6.07) is 12.5. The molecular weight excluding hydrogens is 374 g/mol. The number of aromatic carboxylic acids is 1. The summed E-state index contributed by atoms with van der Waals surface area (Å²) in [6.45, 7) is 2.33. The Morgan fingerprint density at radius 3 is 2.55 bits per heavy atom. The molecule has 1 aliphatic rings. The van der Waals surface area contributed by atoms with E-state index in [2.05, 4.69) is 5.10 Å². The number of hydrogen-bond acceptors (Lipinski definition) is 5. The molecule has 0 atom stereocenters. The van der Waals surface area contributed by atoms with Gasteiger partial charge >= 0.3 is 5.97 Å². The van der Waals surface area contributed by atoms with E-state index in [0.29, 0.717) is 35.0 Å². The van der Waals surface area contributed by atoms with Crippen LogP contribution in [0.4, 0.5) is 0 Å². The van der Waals surface area contributed by atoms with Gasteiger partial charge in [0.2, 0.25) is 6.79 Å². The van der Waals surface area contributed by atoms with E-state index in [9.17, 15) is 9.59 Å². The molecule has 0 saturated carbocycles. The molecule has 148 valence electrons. The van der Waals surface area contributed by atoms with Gasteiger partial charge in [0.05, 0.1) is 17.6 Å². The SMILES string of the molecule is Cc1c(C(=O)O)cnn1-c1ccc(C(=O)N(C)Cc2ccc3c(c2)OCO3)cc1. The minimum atomic E-state index is -1.02. The molecule has 0 saturated heterocycles. The fourth-order valence-electron chi connectivity index (χ4n) is 3.23. The number of hydrogen-bond donors (Lipinski definition) is 1. The van der Waals surface area contributed by atoms with Crippen LogP contribution in [0.25, 0.3) is 5.69 Å². The number of aromatic nitrogens is 2. The maximum Gasteiger partial charge on any atom is 0.339 e. The fourth-order valence-corrected chi connectivity index (χ4v) is 3.23. The summed E-state index contributed by atoms with van der Waals surface area (Å²) < 4.78 is 12.2. The molecule has 0 fully saturated rings. The largest absolute Gasteiger partial charge is 0.478 e. The number of carbonyl (C=O) groups excluding carboxylic acids is 1. The summed E-state index contributed by atoms with van der Waals surface area (Å²) in [5.41, 5.74) is 2.82. The van der Waals surface area contributed by atoms with Gasteiger partial charge in [-0.2, -0.15) is 5.10 Å². The van der Waals surface area contributed by atoms with Crippen LogP contribution < -0.4 is 9.47 Å². The normalized spacial score (nSPS) is 12.1. The lowest BCUT2D eigenvalue weighted by molar-refractivity contribution is 0.0695. The third-order valence-electron chi connectivity index (χ3n) is 4.80. The summed E-state index contributed by atoms with van der Waals surface area (Å²) in [4.78, 5) is 25.6. The molecule has 8 nitrogen and oxygen atoms in total. The van der Waals surface area contributed by atoms with Gasteiger partial charge in [-0.1, -0.05) is 6.07 Å². The number of amides is 1. The first-order chi connectivity index (χ1) is 13.9. The van der Waals surface area contributed by atoms with Crippen molar-refractivity contribution < 1.29 is 24.2 Å². The van der Waals surface area contributed by atoms with Crippen molar-refractivity contribution >= 4 is 11.9 Å². The Kier molecular flexibility index (Phi) is 4.67. The monoisotopic (exact) mass is 393 g/mol. The minimum Gasteiger partial charge on any atom is -0.478 e. The molecule has 4 rings (SSSR count). The number of carboxylic acid groups (broad SMARTS) is 1. The maximum absolute atomic E-state index is 12.8. The van der Waals surface area contributed by atoms with Crippen LogP contribution in [0.15, 0.2) is 48.7 Å². The highest BCUT2D eigenvalue weighted by Gasteiger charge is 2.17. The van der Waals surface area contributed by atoms with Gasteiger partial charge < -0.3 is 19.5 Å². The third kappa shape index (κ3) is 3.52. The number of benzene rings is 2. The fraction of sp³-hybridized carbons (Fsp3) is 0.190. The van der Waals surface area contributed by atoms with Crippen molar-refractivity contribution in [1.82, 2.24) is 14.7 Å². The van der Waals surface area contributed by atoms with Crippen molar-refractivity contribution in [2.45, 2.75) is 13.5 Å². The molecule has 1 aliphatic heterocycles. The lowest BCUT2D eigenvalue weighted by Gasteiger charge is -2.18. The maximum atomic E-state index is 12.8. The van der Waals surface area contributed by atoms with Gasteiger partial charge in [-0.25, -0.2) is 9.48 Å². The van der Waals surface area contributed by atoms with Gasteiger partial charge in [0.15, 0.2) is 11.5 Å². The van der Waals surface area contributed by atoms with Crippen LogP contribution in [0, 0.1) is 6.92 Å². The Labute approximate surface area is 166 Å². The minimum absolute atomic E-state index is 0.127. The van der Waals surface area contributed by atoms with Gasteiger partial charge in [-0.3, -0.25) is 4.79 Å². The number of nitrogens with zero attached hydrogens (tertiary/aromatic N) is 3. The molecule has 0 unspecified atom stereocenters. The average molecular weight is 393 g/mol. The Bertz CT molecular complexity index is 1090. The van der Waals surface area contributed by atoms with E-state index in [1.807, 2.05) is 18.2 Å². The van der Waals surface area contributed by atoms with Crippen LogP contribution in [0.1, 0.15) is 32.0 Å². The first kappa shape index (κ1) is 18.5. The van der Waals surface area contributed by atoms with E-state index in [1.54, 1.807) is 43.1 Å². The lowest BCUT2D eigenvalue weighted by Crippen LogP contribution is -2.26. The summed E-state index contributed by atoms with van der Waals surface area (Å²) in [5, 5.41) is 13.3. The molecule has 1 aromatic heterocycles. The van der Waals surface area contributed by atoms with Crippen molar-refractivity contribution in [3.05, 3.63) is 71.0 Å². The molecule has 0 spiro atoms. The van der Waals surface area contributed by atoms with Crippen LogP contribution in [0.3, 0.4) is 0 Å². The van der Waals surface area contributed by atoms with E-state index in [4.69, 9.17) is 14.6 Å². The van der Waals surface area contributed by atoms with E-state index in [1.165, 1.54) is 10.9 Å². The Morgan fingerprint density at radius 2 is 1.86 bits per heavy atom. The molecular formula is C21H19N3O5. The van der Waals surface area contributed by atoms with Crippen LogP contribution in [0.2, 0.25) is 0 Å². The second-order valence-corrected chi connectivity index (χ2v) is 6.76.